The maximum absolute atomic E-state index is 13.5. The Bertz CT molecular complexity index is 888. The summed E-state index contributed by atoms with van der Waals surface area (Å²) in [5.74, 6) is -0.0960. The molecule has 0 bridgehead atoms. The minimum atomic E-state index is -0.366. The first-order valence-corrected chi connectivity index (χ1v) is 11.4. The molecule has 0 saturated heterocycles. The second-order valence-corrected chi connectivity index (χ2v) is 8.44. The number of thiophene rings is 1. The fourth-order valence-corrected chi connectivity index (χ4v) is 4.70. The number of ether oxygens (including phenoxy) is 2. The van der Waals surface area contributed by atoms with Crippen LogP contribution in [-0.4, -0.2) is 61.6 Å². The van der Waals surface area contributed by atoms with Crippen LogP contribution in [0.2, 0.25) is 0 Å². The first kappa shape index (κ1) is 23.2. The van der Waals surface area contributed by atoms with Gasteiger partial charge < -0.3 is 19.3 Å². The van der Waals surface area contributed by atoms with E-state index in [0.29, 0.717) is 38.3 Å². The summed E-state index contributed by atoms with van der Waals surface area (Å²) >= 11 is 1.67. The third-order valence-corrected chi connectivity index (χ3v) is 6.37. The highest BCUT2D eigenvalue weighted by atomic mass is 32.1. The molecular weight excluding hydrogens is 419 g/mol. The van der Waals surface area contributed by atoms with Crippen molar-refractivity contribution >= 4 is 23.2 Å². The Hall–Kier alpha value is -2.45. The second-order valence-electron chi connectivity index (χ2n) is 7.44. The molecule has 1 atom stereocenters. The zero-order valence-corrected chi connectivity index (χ0v) is 18.8. The van der Waals surface area contributed by atoms with Crippen molar-refractivity contribution in [2.24, 2.45) is 0 Å². The van der Waals surface area contributed by atoms with Gasteiger partial charge in [0.15, 0.2) is 0 Å². The topological polar surface area (TPSA) is 59.1 Å². The molecule has 8 heteroatoms. The third kappa shape index (κ3) is 6.04. The number of rotatable bonds is 10. The number of carbonyl (C=O) groups is 2. The second kappa shape index (κ2) is 11.2. The summed E-state index contributed by atoms with van der Waals surface area (Å²) in [4.78, 5) is 30.3. The predicted octanol–water partition coefficient (Wildman–Crippen LogP) is 3.67. The molecule has 1 aromatic heterocycles. The Labute approximate surface area is 186 Å². The summed E-state index contributed by atoms with van der Waals surface area (Å²) in [7, 11) is 1.62. The van der Waals surface area contributed by atoms with Crippen molar-refractivity contribution < 1.29 is 23.5 Å². The maximum atomic E-state index is 13.5. The molecule has 0 saturated carbocycles. The molecular formula is C23H29FN2O4S. The summed E-state index contributed by atoms with van der Waals surface area (Å²) in [6, 6.07) is 7.74. The van der Waals surface area contributed by atoms with Crippen LogP contribution in [-0.2, 0) is 20.7 Å². The number of methoxy groups -OCH3 is 1. The monoisotopic (exact) mass is 448 g/mol. The Morgan fingerprint density at radius 2 is 2.16 bits per heavy atom. The van der Waals surface area contributed by atoms with Gasteiger partial charge in [-0.05, 0) is 42.0 Å². The van der Waals surface area contributed by atoms with E-state index in [0.717, 1.165) is 12.0 Å². The summed E-state index contributed by atoms with van der Waals surface area (Å²) in [6.07, 6.45) is 1.80. The van der Waals surface area contributed by atoms with Crippen LogP contribution in [0.1, 0.15) is 36.2 Å². The summed E-state index contributed by atoms with van der Waals surface area (Å²) < 4.78 is 24.5. The van der Waals surface area contributed by atoms with E-state index in [1.807, 2.05) is 11.4 Å². The van der Waals surface area contributed by atoms with Gasteiger partial charge in [-0.15, -0.1) is 11.3 Å². The molecule has 1 unspecified atom stereocenters. The molecule has 2 heterocycles. The molecule has 31 heavy (non-hydrogen) atoms. The van der Waals surface area contributed by atoms with Crippen molar-refractivity contribution in [2.45, 2.75) is 32.2 Å². The highest BCUT2D eigenvalue weighted by molar-refractivity contribution is 7.10. The van der Waals surface area contributed by atoms with Gasteiger partial charge in [0.05, 0.1) is 12.6 Å². The van der Waals surface area contributed by atoms with Gasteiger partial charge in [-0.1, -0.05) is 13.0 Å². The van der Waals surface area contributed by atoms with E-state index in [-0.39, 0.29) is 36.8 Å². The lowest BCUT2D eigenvalue weighted by molar-refractivity contribution is -0.142. The number of fused-ring (bicyclic) bond motifs is 1. The van der Waals surface area contributed by atoms with Crippen LogP contribution >= 0.6 is 11.3 Å². The minimum Gasteiger partial charge on any atom is -0.491 e. The van der Waals surface area contributed by atoms with Gasteiger partial charge >= 0.3 is 0 Å². The predicted molar refractivity (Wildman–Crippen MR) is 118 cm³/mol. The quantitative estimate of drug-likeness (QED) is 0.521. The summed E-state index contributed by atoms with van der Waals surface area (Å²) in [5, 5.41) is 2.02. The average molecular weight is 449 g/mol. The van der Waals surface area contributed by atoms with Crippen molar-refractivity contribution in [1.82, 2.24) is 9.80 Å². The Kier molecular flexibility index (Phi) is 8.43. The Morgan fingerprint density at radius 1 is 1.32 bits per heavy atom. The third-order valence-electron chi connectivity index (χ3n) is 5.38. The number of benzene rings is 1. The van der Waals surface area contributed by atoms with Crippen molar-refractivity contribution in [3.8, 4) is 5.75 Å². The molecule has 0 N–H and O–H groups in total. The number of hydrogen-bond donors (Lipinski definition) is 0. The molecule has 6 nitrogen and oxygen atoms in total. The number of nitrogens with zero attached hydrogens (tertiary/aromatic N) is 2. The normalized spacial score (nSPS) is 15.5. The first-order valence-electron chi connectivity index (χ1n) is 10.5. The molecule has 168 valence electrons. The fraction of sp³-hybridized carbons (Fsp3) is 0.478. The number of hydrogen-bond acceptors (Lipinski definition) is 5. The smallest absolute Gasteiger partial charge is 0.242 e. The molecule has 0 spiro atoms. The van der Waals surface area contributed by atoms with Gasteiger partial charge in [0.25, 0.3) is 0 Å². The van der Waals surface area contributed by atoms with Gasteiger partial charge in [0, 0.05) is 44.2 Å². The van der Waals surface area contributed by atoms with Crippen molar-refractivity contribution in [3.05, 3.63) is 52.0 Å². The van der Waals surface area contributed by atoms with Gasteiger partial charge in [-0.2, -0.15) is 0 Å². The van der Waals surface area contributed by atoms with Crippen LogP contribution in [0.25, 0.3) is 0 Å². The van der Waals surface area contributed by atoms with Crippen molar-refractivity contribution in [2.75, 3.05) is 40.0 Å². The standard InChI is InChI=1S/C23H29FN2O4S/c1-3-22(27)25(10-5-12-29-2)15-23(28)26-11-8-21-19(9-13-31-21)20(26)16-30-18-7-4-6-17(24)14-18/h4,6-7,9,13-14,20H,3,5,8,10-12,15-16H2,1-2H3. The van der Waals surface area contributed by atoms with E-state index in [2.05, 4.69) is 0 Å². The highest BCUT2D eigenvalue weighted by Gasteiger charge is 2.33. The average Bonchev–Trinajstić information content (AvgIpc) is 3.25. The molecule has 1 aliphatic heterocycles. The molecule has 1 aliphatic rings. The molecule has 3 rings (SSSR count). The first-order chi connectivity index (χ1) is 15.0. The summed E-state index contributed by atoms with van der Waals surface area (Å²) in [6.45, 7) is 3.64. The van der Waals surface area contributed by atoms with Crippen LogP contribution in [0, 0.1) is 5.82 Å². The Balaban J connectivity index is 1.73. The van der Waals surface area contributed by atoms with E-state index >= 15 is 0 Å². The zero-order chi connectivity index (χ0) is 22.2. The van der Waals surface area contributed by atoms with Crippen molar-refractivity contribution in [3.63, 3.8) is 0 Å². The minimum absolute atomic E-state index is 0.0341. The molecule has 1 aromatic carbocycles. The van der Waals surface area contributed by atoms with E-state index in [4.69, 9.17) is 9.47 Å². The molecule has 0 aliphatic carbocycles. The van der Waals surface area contributed by atoms with Crippen LogP contribution < -0.4 is 4.74 Å². The van der Waals surface area contributed by atoms with Crippen LogP contribution in [0.3, 0.4) is 0 Å². The molecule has 0 fully saturated rings. The Morgan fingerprint density at radius 3 is 2.90 bits per heavy atom. The lowest BCUT2D eigenvalue weighted by Crippen LogP contribution is -2.48. The number of halogens is 1. The highest BCUT2D eigenvalue weighted by Crippen LogP contribution is 2.34. The molecule has 2 amide bonds. The van der Waals surface area contributed by atoms with Crippen LogP contribution in [0.4, 0.5) is 4.39 Å². The summed E-state index contributed by atoms with van der Waals surface area (Å²) in [5.41, 5.74) is 1.06. The lowest BCUT2D eigenvalue weighted by Gasteiger charge is -2.37. The van der Waals surface area contributed by atoms with Gasteiger partial charge in [-0.3, -0.25) is 9.59 Å². The van der Waals surface area contributed by atoms with Crippen LogP contribution in [0.5, 0.6) is 5.75 Å². The van der Waals surface area contributed by atoms with Crippen LogP contribution in [0.15, 0.2) is 35.7 Å². The van der Waals surface area contributed by atoms with E-state index in [9.17, 15) is 14.0 Å². The fourth-order valence-electron chi connectivity index (χ4n) is 3.78. The lowest BCUT2D eigenvalue weighted by atomic mass is 10.0. The van der Waals surface area contributed by atoms with Gasteiger partial charge in [0.2, 0.25) is 11.8 Å². The van der Waals surface area contributed by atoms with Gasteiger partial charge in [0.1, 0.15) is 18.2 Å². The molecule has 2 aromatic rings. The number of carbonyl (C=O) groups excluding carboxylic acids is 2. The SMILES string of the molecule is CCC(=O)N(CCCOC)CC(=O)N1CCc2sccc2C1COc1cccc(F)c1. The van der Waals surface area contributed by atoms with Crippen molar-refractivity contribution in [1.29, 1.82) is 0 Å². The number of amides is 2. The maximum Gasteiger partial charge on any atom is 0.242 e. The van der Waals surface area contributed by atoms with E-state index in [1.54, 1.807) is 47.3 Å². The molecule has 0 radical (unpaired) electrons. The largest absolute Gasteiger partial charge is 0.491 e. The van der Waals surface area contributed by atoms with Gasteiger partial charge in [-0.25, -0.2) is 4.39 Å². The van der Waals surface area contributed by atoms with E-state index < -0.39 is 0 Å². The zero-order valence-electron chi connectivity index (χ0n) is 18.0. The van der Waals surface area contributed by atoms with E-state index in [1.165, 1.54) is 17.0 Å².